The second-order valence-corrected chi connectivity index (χ2v) is 11.8. The normalized spacial score (nSPS) is 19.7. The summed E-state index contributed by atoms with van der Waals surface area (Å²) in [5.41, 5.74) is 5.31. The Balaban J connectivity index is 1.49. The third kappa shape index (κ3) is 6.72. The predicted molar refractivity (Wildman–Crippen MR) is 163 cm³/mol. The Morgan fingerprint density at radius 3 is 2.49 bits per heavy atom. The van der Waals surface area contributed by atoms with Gasteiger partial charge in [-0.1, -0.05) is 48.2 Å². The lowest BCUT2D eigenvalue weighted by Crippen LogP contribution is -2.34. The Morgan fingerprint density at radius 2 is 1.84 bits per heavy atom. The molecule has 9 heteroatoms. The van der Waals surface area contributed by atoms with E-state index in [4.69, 9.17) is 4.84 Å². The quantitative estimate of drug-likeness (QED) is 0.274. The van der Waals surface area contributed by atoms with Crippen molar-refractivity contribution in [3.8, 4) is 6.07 Å². The van der Waals surface area contributed by atoms with E-state index in [1.54, 1.807) is 0 Å². The molecule has 2 aromatic rings. The fraction of sp³-hybridized carbons (Fsp3) is 0.382. The average Bonchev–Trinajstić information content (AvgIpc) is 3.38. The Bertz CT molecular complexity index is 1540. The molecule has 0 aromatic heterocycles. The van der Waals surface area contributed by atoms with Gasteiger partial charge in [0, 0.05) is 43.2 Å². The second-order valence-electron chi connectivity index (χ2n) is 11.8. The molecule has 0 saturated carbocycles. The number of hydroxylamine groups is 2. The van der Waals surface area contributed by atoms with Gasteiger partial charge in [0.2, 0.25) is 0 Å². The van der Waals surface area contributed by atoms with Gasteiger partial charge in [-0.2, -0.15) is 18.4 Å². The smallest absolute Gasteiger partial charge is 0.371 e. The number of nitrogens with zero attached hydrogens (tertiary/aromatic N) is 4. The first kappa shape index (κ1) is 30.2. The van der Waals surface area contributed by atoms with Crippen molar-refractivity contribution in [2.24, 2.45) is 10.9 Å². The molecule has 2 fully saturated rings. The molecule has 224 valence electrons. The Morgan fingerprint density at radius 1 is 1.12 bits per heavy atom. The summed E-state index contributed by atoms with van der Waals surface area (Å²) in [6.45, 7) is 11.8. The number of aliphatic imine (C=N–C) groups is 1. The Kier molecular flexibility index (Phi) is 8.55. The number of alkyl halides is 3. The van der Waals surface area contributed by atoms with Crippen molar-refractivity contribution in [1.82, 2.24) is 5.06 Å². The average molecular weight is 588 g/mol. The number of hydrogen-bond donors (Lipinski definition) is 1. The van der Waals surface area contributed by atoms with Crippen molar-refractivity contribution in [3.63, 3.8) is 0 Å². The van der Waals surface area contributed by atoms with Crippen molar-refractivity contribution in [2.75, 3.05) is 29.9 Å². The number of halogens is 3. The molecule has 3 heterocycles. The third-order valence-electron chi connectivity index (χ3n) is 8.30. The molecular weight excluding hydrogens is 551 g/mol. The minimum Gasteiger partial charge on any atom is -0.371 e. The minimum absolute atomic E-state index is 0.186. The lowest BCUT2D eigenvalue weighted by Gasteiger charge is -2.35. The molecular formula is C34H36F3N5O. The summed E-state index contributed by atoms with van der Waals surface area (Å²) in [5.74, 6) is 0.667. The molecule has 1 atom stereocenters. The summed E-state index contributed by atoms with van der Waals surface area (Å²) in [6, 6.07) is 17.1. The molecule has 1 N–H and O–H groups in total. The summed E-state index contributed by atoms with van der Waals surface area (Å²) < 4.78 is 42.9. The minimum atomic E-state index is -4.68. The van der Waals surface area contributed by atoms with Crippen molar-refractivity contribution >= 4 is 17.2 Å². The maximum absolute atomic E-state index is 14.3. The van der Waals surface area contributed by atoms with E-state index >= 15 is 0 Å². The third-order valence-corrected chi connectivity index (χ3v) is 8.30. The Hall–Kier alpha value is -4.25. The molecule has 6 nitrogen and oxygen atoms in total. The van der Waals surface area contributed by atoms with Crippen LogP contribution >= 0.6 is 0 Å². The van der Waals surface area contributed by atoms with Gasteiger partial charge < -0.3 is 10.2 Å². The number of anilines is 2. The number of hydrogen-bond acceptors (Lipinski definition) is 6. The van der Waals surface area contributed by atoms with E-state index in [9.17, 15) is 18.4 Å². The van der Waals surface area contributed by atoms with Gasteiger partial charge in [-0.3, -0.25) is 4.84 Å². The number of nitrogens with one attached hydrogen (secondary N) is 1. The van der Waals surface area contributed by atoms with Crippen molar-refractivity contribution in [1.29, 1.82) is 5.26 Å². The van der Waals surface area contributed by atoms with E-state index in [1.807, 2.05) is 62.4 Å². The largest absolute Gasteiger partial charge is 0.420 e. The van der Waals surface area contributed by atoms with E-state index < -0.39 is 17.2 Å². The summed E-state index contributed by atoms with van der Waals surface area (Å²) in [7, 11) is 0. The SMILES string of the molecule is C=C(C)C1CCN(c2cc(NC3=NC=C(C(F)(F)F)C(N4OCC[C@H]4c4ccccc4)=C=C3)cc(C(C)(C)C#N)c2)CC1. The molecule has 3 aliphatic heterocycles. The van der Waals surface area contributed by atoms with Gasteiger partial charge in [0.25, 0.3) is 0 Å². The topological polar surface area (TPSA) is 63.9 Å². The van der Waals surface area contributed by atoms with Gasteiger partial charge >= 0.3 is 6.18 Å². The number of piperidine rings is 1. The zero-order chi connectivity index (χ0) is 30.8. The monoisotopic (exact) mass is 587 g/mol. The van der Waals surface area contributed by atoms with Crippen molar-refractivity contribution in [2.45, 2.75) is 57.7 Å². The molecule has 43 heavy (non-hydrogen) atoms. The second kappa shape index (κ2) is 12.2. The van der Waals surface area contributed by atoms with Gasteiger partial charge in [-0.15, -0.1) is 0 Å². The van der Waals surface area contributed by atoms with E-state index in [2.05, 4.69) is 40.5 Å². The molecule has 5 rings (SSSR count). The van der Waals surface area contributed by atoms with Crippen LogP contribution in [0.4, 0.5) is 24.5 Å². The fourth-order valence-electron chi connectivity index (χ4n) is 5.64. The summed E-state index contributed by atoms with van der Waals surface area (Å²) in [4.78, 5) is 12.2. The summed E-state index contributed by atoms with van der Waals surface area (Å²) >= 11 is 0. The Labute approximate surface area is 251 Å². The van der Waals surface area contributed by atoms with Crippen LogP contribution in [0.1, 0.15) is 57.2 Å². The standard InChI is InChI=1S/C34H36F3N5O/c1-23(2)24-12-15-41(16-13-24)28-19-26(33(3,4)22-38)18-27(20-28)40-32-11-10-31(29(21-39-32)34(35,36)37)42-30(14-17-43-42)25-8-6-5-7-9-25/h5-9,11,18-21,24,30H,1,12-17H2,2-4H3,(H,39,40)/t30-/m0/s1. The summed E-state index contributed by atoms with van der Waals surface area (Å²) in [5, 5.41) is 14.4. The van der Waals surface area contributed by atoms with E-state index in [1.165, 1.54) is 16.7 Å². The van der Waals surface area contributed by atoms with Crippen LogP contribution in [0.15, 0.2) is 95.0 Å². The number of rotatable bonds is 6. The highest BCUT2D eigenvalue weighted by Crippen LogP contribution is 2.41. The molecule has 0 amide bonds. The van der Waals surface area contributed by atoms with Gasteiger partial charge in [-0.05, 0) is 68.9 Å². The van der Waals surface area contributed by atoms with E-state index in [0.29, 0.717) is 18.0 Å². The fourth-order valence-corrected chi connectivity index (χ4v) is 5.64. The first-order chi connectivity index (χ1) is 20.5. The van der Waals surface area contributed by atoms with E-state index in [0.717, 1.165) is 48.9 Å². The molecule has 0 bridgehead atoms. The zero-order valence-corrected chi connectivity index (χ0v) is 24.7. The van der Waals surface area contributed by atoms with Gasteiger partial charge in [-0.25, -0.2) is 10.1 Å². The number of nitriles is 1. The van der Waals surface area contributed by atoms with Crippen molar-refractivity contribution in [3.05, 3.63) is 101 Å². The molecule has 0 unspecified atom stereocenters. The number of benzene rings is 2. The number of allylic oxidation sites excluding steroid dienone is 1. The molecule has 0 spiro atoms. The van der Waals surface area contributed by atoms with Crippen LogP contribution in [0.5, 0.6) is 0 Å². The summed E-state index contributed by atoms with van der Waals surface area (Å²) in [6.07, 6.45) is 0.0715. The van der Waals surface area contributed by atoms with Crippen LogP contribution in [0.2, 0.25) is 0 Å². The highest BCUT2D eigenvalue weighted by molar-refractivity contribution is 6.04. The molecule has 2 saturated heterocycles. The molecule has 3 aliphatic rings. The van der Waals surface area contributed by atoms with Crippen LogP contribution in [0, 0.1) is 17.2 Å². The maximum atomic E-state index is 14.3. The van der Waals surface area contributed by atoms with Crippen LogP contribution in [0.25, 0.3) is 0 Å². The number of amidine groups is 1. The van der Waals surface area contributed by atoms with Gasteiger partial charge in [0.05, 0.1) is 24.1 Å². The van der Waals surface area contributed by atoms with Crippen LogP contribution in [-0.4, -0.2) is 36.8 Å². The highest BCUT2D eigenvalue weighted by atomic mass is 19.4. The lowest BCUT2D eigenvalue weighted by molar-refractivity contribution is -0.123. The van der Waals surface area contributed by atoms with Gasteiger partial charge in [0.15, 0.2) is 0 Å². The lowest BCUT2D eigenvalue weighted by atomic mass is 9.85. The van der Waals surface area contributed by atoms with Crippen LogP contribution in [-0.2, 0) is 10.3 Å². The van der Waals surface area contributed by atoms with Crippen LogP contribution < -0.4 is 10.2 Å². The highest BCUT2D eigenvalue weighted by Gasteiger charge is 2.42. The van der Waals surface area contributed by atoms with E-state index in [-0.39, 0.29) is 24.2 Å². The molecule has 0 aliphatic carbocycles. The first-order valence-electron chi connectivity index (χ1n) is 14.5. The zero-order valence-electron chi connectivity index (χ0n) is 24.7. The van der Waals surface area contributed by atoms with Crippen LogP contribution in [0.3, 0.4) is 0 Å². The van der Waals surface area contributed by atoms with Crippen molar-refractivity contribution < 1.29 is 18.0 Å². The molecule has 2 aromatic carbocycles. The predicted octanol–water partition coefficient (Wildman–Crippen LogP) is 7.97. The maximum Gasteiger partial charge on any atom is 0.420 e. The molecule has 0 radical (unpaired) electrons. The first-order valence-corrected chi connectivity index (χ1v) is 14.5. The van der Waals surface area contributed by atoms with Gasteiger partial charge in [0.1, 0.15) is 17.1 Å².